The first kappa shape index (κ1) is 9.85. The molecule has 1 aromatic rings. The van der Waals surface area contributed by atoms with E-state index in [1.165, 1.54) is 11.1 Å². The second kappa shape index (κ2) is 4.70. The SMILES string of the molecule is C/C=C/c1ccc(OCC)c(C)c1. The Bertz CT molecular complexity index is 300. The highest BCUT2D eigenvalue weighted by Crippen LogP contribution is 2.19. The van der Waals surface area contributed by atoms with E-state index < -0.39 is 0 Å². The van der Waals surface area contributed by atoms with Crippen LogP contribution in [0.15, 0.2) is 24.3 Å². The van der Waals surface area contributed by atoms with E-state index in [9.17, 15) is 0 Å². The maximum Gasteiger partial charge on any atom is 0.122 e. The van der Waals surface area contributed by atoms with Gasteiger partial charge in [0.15, 0.2) is 0 Å². The van der Waals surface area contributed by atoms with Gasteiger partial charge in [-0.25, -0.2) is 0 Å². The first-order valence-electron chi connectivity index (χ1n) is 4.64. The third-order valence-electron chi connectivity index (χ3n) is 1.86. The smallest absolute Gasteiger partial charge is 0.122 e. The Labute approximate surface area is 80.0 Å². The molecule has 0 N–H and O–H groups in total. The maximum absolute atomic E-state index is 5.45. The van der Waals surface area contributed by atoms with Crippen LogP contribution in [0.2, 0.25) is 0 Å². The van der Waals surface area contributed by atoms with Gasteiger partial charge in [0.25, 0.3) is 0 Å². The lowest BCUT2D eigenvalue weighted by Gasteiger charge is -2.06. The molecule has 0 unspecified atom stereocenters. The largest absolute Gasteiger partial charge is 0.494 e. The van der Waals surface area contributed by atoms with E-state index in [2.05, 4.69) is 25.1 Å². The zero-order valence-electron chi connectivity index (χ0n) is 8.50. The molecule has 0 aromatic heterocycles. The molecule has 13 heavy (non-hydrogen) atoms. The average molecular weight is 176 g/mol. The predicted molar refractivity (Wildman–Crippen MR) is 57.1 cm³/mol. The number of rotatable bonds is 3. The van der Waals surface area contributed by atoms with Crippen LogP contribution in [0.4, 0.5) is 0 Å². The van der Waals surface area contributed by atoms with Crippen molar-refractivity contribution in [2.24, 2.45) is 0 Å². The van der Waals surface area contributed by atoms with Crippen LogP contribution in [0.25, 0.3) is 6.08 Å². The van der Waals surface area contributed by atoms with Crippen LogP contribution in [0.5, 0.6) is 5.75 Å². The monoisotopic (exact) mass is 176 g/mol. The normalized spacial score (nSPS) is 10.7. The Morgan fingerprint density at radius 3 is 2.69 bits per heavy atom. The van der Waals surface area contributed by atoms with E-state index in [0.29, 0.717) is 0 Å². The van der Waals surface area contributed by atoms with Crippen molar-refractivity contribution < 1.29 is 4.74 Å². The number of hydrogen-bond acceptors (Lipinski definition) is 1. The molecule has 0 atom stereocenters. The van der Waals surface area contributed by atoms with E-state index in [0.717, 1.165) is 12.4 Å². The summed E-state index contributed by atoms with van der Waals surface area (Å²) in [5.74, 6) is 0.982. The van der Waals surface area contributed by atoms with Gasteiger partial charge in [-0.05, 0) is 44.0 Å². The molecule has 1 aromatic carbocycles. The molecule has 1 heteroatoms. The second-order valence-corrected chi connectivity index (χ2v) is 2.96. The molecule has 0 aliphatic carbocycles. The van der Waals surface area contributed by atoms with Gasteiger partial charge >= 0.3 is 0 Å². The molecule has 0 heterocycles. The minimum Gasteiger partial charge on any atom is -0.494 e. The Hall–Kier alpha value is -1.24. The minimum atomic E-state index is 0.726. The summed E-state index contributed by atoms with van der Waals surface area (Å²) < 4.78 is 5.45. The molecule has 0 bridgehead atoms. The summed E-state index contributed by atoms with van der Waals surface area (Å²) in [5, 5.41) is 0. The molecule has 0 aliphatic rings. The first-order chi connectivity index (χ1) is 6.27. The predicted octanol–water partition coefficient (Wildman–Crippen LogP) is 3.43. The summed E-state index contributed by atoms with van der Waals surface area (Å²) in [5.41, 5.74) is 2.42. The molecule has 0 saturated heterocycles. The van der Waals surface area contributed by atoms with Gasteiger partial charge in [-0.2, -0.15) is 0 Å². The fourth-order valence-corrected chi connectivity index (χ4v) is 1.29. The van der Waals surface area contributed by atoms with Gasteiger partial charge in [0.1, 0.15) is 5.75 Å². The van der Waals surface area contributed by atoms with Crippen LogP contribution < -0.4 is 4.74 Å². The van der Waals surface area contributed by atoms with Crippen LogP contribution in [-0.4, -0.2) is 6.61 Å². The Balaban J connectivity index is 2.91. The third kappa shape index (κ3) is 2.62. The topological polar surface area (TPSA) is 9.23 Å². The van der Waals surface area contributed by atoms with Gasteiger partial charge < -0.3 is 4.74 Å². The van der Waals surface area contributed by atoms with Gasteiger partial charge in [-0.15, -0.1) is 0 Å². The van der Waals surface area contributed by atoms with Crippen LogP contribution in [0.3, 0.4) is 0 Å². The lowest BCUT2D eigenvalue weighted by Crippen LogP contribution is -1.93. The number of aryl methyl sites for hydroxylation is 1. The lowest BCUT2D eigenvalue weighted by atomic mass is 10.1. The van der Waals surface area contributed by atoms with E-state index in [-0.39, 0.29) is 0 Å². The summed E-state index contributed by atoms with van der Waals surface area (Å²) >= 11 is 0. The lowest BCUT2D eigenvalue weighted by molar-refractivity contribution is 0.338. The van der Waals surface area contributed by atoms with Crippen LogP contribution >= 0.6 is 0 Å². The average Bonchev–Trinajstić information content (AvgIpc) is 2.10. The summed E-state index contributed by atoms with van der Waals surface area (Å²) in [6, 6.07) is 6.22. The minimum absolute atomic E-state index is 0.726. The van der Waals surface area contributed by atoms with E-state index >= 15 is 0 Å². The number of allylic oxidation sites excluding steroid dienone is 1. The number of ether oxygens (including phenoxy) is 1. The van der Waals surface area contributed by atoms with Gasteiger partial charge in [-0.1, -0.05) is 18.2 Å². The van der Waals surface area contributed by atoms with E-state index in [4.69, 9.17) is 4.74 Å². The standard InChI is InChI=1S/C12H16O/c1-4-6-11-7-8-12(13-5-2)10(3)9-11/h4,6-9H,5H2,1-3H3/b6-4+. The van der Waals surface area contributed by atoms with Gasteiger partial charge in [0, 0.05) is 0 Å². The molecule has 1 nitrogen and oxygen atoms in total. The quantitative estimate of drug-likeness (QED) is 0.685. The fraction of sp³-hybridized carbons (Fsp3) is 0.333. The summed E-state index contributed by atoms with van der Waals surface area (Å²) in [7, 11) is 0. The molecule has 1 rings (SSSR count). The van der Waals surface area contributed by atoms with Crippen molar-refractivity contribution in [3.8, 4) is 5.75 Å². The van der Waals surface area contributed by atoms with Crippen molar-refractivity contribution in [3.63, 3.8) is 0 Å². The summed E-state index contributed by atoms with van der Waals surface area (Å²) in [6.07, 6.45) is 4.12. The van der Waals surface area contributed by atoms with Crippen LogP contribution in [0.1, 0.15) is 25.0 Å². The Morgan fingerprint density at radius 1 is 1.38 bits per heavy atom. The van der Waals surface area contributed by atoms with Crippen molar-refractivity contribution in [1.29, 1.82) is 0 Å². The molecule has 0 amide bonds. The Morgan fingerprint density at radius 2 is 2.15 bits per heavy atom. The van der Waals surface area contributed by atoms with Crippen molar-refractivity contribution in [2.45, 2.75) is 20.8 Å². The highest BCUT2D eigenvalue weighted by atomic mass is 16.5. The van der Waals surface area contributed by atoms with E-state index in [1.807, 2.05) is 26.0 Å². The van der Waals surface area contributed by atoms with Gasteiger partial charge in [-0.3, -0.25) is 0 Å². The van der Waals surface area contributed by atoms with Crippen LogP contribution in [-0.2, 0) is 0 Å². The number of benzene rings is 1. The summed E-state index contributed by atoms with van der Waals surface area (Å²) in [4.78, 5) is 0. The van der Waals surface area contributed by atoms with Gasteiger partial charge in [0.05, 0.1) is 6.61 Å². The van der Waals surface area contributed by atoms with Crippen molar-refractivity contribution >= 4 is 6.08 Å². The molecular formula is C12H16O. The van der Waals surface area contributed by atoms with Crippen molar-refractivity contribution in [3.05, 3.63) is 35.4 Å². The highest BCUT2D eigenvalue weighted by molar-refractivity contribution is 5.52. The zero-order chi connectivity index (χ0) is 9.68. The van der Waals surface area contributed by atoms with Crippen molar-refractivity contribution in [1.82, 2.24) is 0 Å². The summed E-state index contributed by atoms with van der Waals surface area (Å²) in [6.45, 7) is 6.81. The highest BCUT2D eigenvalue weighted by Gasteiger charge is 1.97. The molecule has 0 aliphatic heterocycles. The van der Waals surface area contributed by atoms with Gasteiger partial charge in [0.2, 0.25) is 0 Å². The molecule has 70 valence electrons. The first-order valence-corrected chi connectivity index (χ1v) is 4.64. The van der Waals surface area contributed by atoms with E-state index in [1.54, 1.807) is 0 Å². The second-order valence-electron chi connectivity index (χ2n) is 2.96. The third-order valence-corrected chi connectivity index (χ3v) is 1.86. The number of hydrogen-bond donors (Lipinski definition) is 0. The molecule has 0 saturated carbocycles. The molecular weight excluding hydrogens is 160 g/mol. The molecule has 0 fully saturated rings. The fourth-order valence-electron chi connectivity index (χ4n) is 1.29. The molecule has 0 spiro atoms. The zero-order valence-corrected chi connectivity index (χ0v) is 8.50. The molecule has 0 radical (unpaired) electrons. The van der Waals surface area contributed by atoms with Crippen LogP contribution in [0, 0.1) is 6.92 Å². The Kier molecular flexibility index (Phi) is 3.56. The maximum atomic E-state index is 5.45. The van der Waals surface area contributed by atoms with Crippen molar-refractivity contribution in [2.75, 3.05) is 6.61 Å².